The number of hydrogen-bond acceptors (Lipinski definition) is 4. The number of azo groups is 1. The van der Waals surface area contributed by atoms with Crippen molar-refractivity contribution < 1.29 is 5.11 Å². The number of pyridine rings is 1. The highest BCUT2D eigenvalue weighted by molar-refractivity contribution is 5.89. The van der Waals surface area contributed by atoms with Gasteiger partial charge in [0, 0.05) is 11.6 Å². The lowest BCUT2D eigenvalue weighted by molar-refractivity contribution is 0.477. The summed E-state index contributed by atoms with van der Waals surface area (Å²) in [5.74, 6) is 0.112. The third-order valence-corrected chi connectivity index (χ3v) is 3.72. The molecule has 4 heteroatoms. The van der Waals surface area contributed by atoms with Gasteiger partial charge in [-0.2, -0.15) is 0 Å². The highest BCUT2D eigenvalue weighted by Crippen LogP contribution is 2.33. The quantitative estimate of drug-likeness (QED) is 0.496. The van der Waals surface area contributed by atoms with Crippen LogP contribution in [0.15, 0.2) is 83.2 Å². The van der Waals surface area contributed by atoms with Crippen LogP contribution in [-0.4, -0.2) is 10.1 Å². The third kappa shape index (κ3) is 2.51. The van der Waals surface area contributed by atoms with Gasteiger partial charge in [0.15, 0.2) is 0 Å². The van der Waals surface area contributed by atoms with E-state index < -0.39 is 0 Å². The van der Waals surface area contributed by atoms with E-state index in [0.29, 0.717) is 11.4 Å². The van der Waals surface area contributed by atoms with Crippen LogP contribution in [0.1, 0.15) is 0 Å². The van der Waals surface area contributed by atoms with Crippen molar-refractivity contribution in [1.29, 1.82) is 0 Å². The Morgan fingerprint density at radius 1 is 0.696 bits per heavy atom. The summed E-state index contributed by atoms with van der Waals surface area (Å²) in [6.45, 7) is 0. The second-order valence-electron chi connectivity index (χ2n) is 5.24. The Morgan fingerprint density at radius 2 is 1.39 bits per heavy atom. The van der Waals surface area contributed by atoms with Crippen LogP contribution in [0.3, 0.4) is 0 Å². The summed E-state index contributed by atoms with van der Waals surface area (Å²) in [6, 6.07) is 21.0. The summed E-state index contributed by atoms with van der Waals surface area (Å²) in [5.41, 5.74) is 1.91. The molecule has 0 aliphatic carbocycles. The Labute approximate surface area is 132 Å². The molecule has 4 rings (SSSR count). The van der Waals surface area contributed by atoms with Crippen LogP contribution in [0.25, 0.3) is 21.7 Å². The normalized spacial score (nSPS) is 11.5. The molecule has 110 valence electrons. The van der Waals surface area contributed by atoms with E-state index in [0.717, 1.165) is 21.7 Å². The van der Waals surface area contributed by atoms with Gasteiger partial charge in [0.05, 0.1) is 5.52 Å². The number of aromatic nitrogens is 1. The Bertz CT molecular complexity index is 1040. The van der Waals surface area contributed by atoms with Gasteiger partial charge in [-0.1, -0.05) is 42.5 Å². The SMILES string of the molecule is Oc1cc2ccccc2cc1/N=N/c1cccc2cccnc12. The van der Waals surface area contributed by atoms with Crippen LogP contribution in [0, 0.1) is 0 Å². The first-order chi connectivity index (χ1) is 11.3. The Balaban J connectivity index is 1.80. The number of phenolic OH excluding ortho intramolecular Hbond substituents is 1. The number of phenols is 1. The maximum atomic E-state index is 10.1. The van der Waals surface area contributed by atoms with Gasteiger partial charge in [0.25, 0.3) is 0 Å². The summed E-state index contributed by atoms with van der Waals surface area (Å²) in [5, 5.41) is 21.6. The van der Waals surface area contributed by atoms with Crippen LogP contribution in [0.5, 0.6) is 5.75 Å². The molecule has 3 aromatic carbocycles. The zero-order valence-corrected chi connectivity index (χ0v) is 12.2. The highest BCUT2D eigenvalue weighted by atomic mass is 16.3. The lowest BCUT2D eigenvalue weighted by atomic mass is 10.1. The fraction of sp³-hybridized carbons (Fsp3) is 0. The molecule has 0 atom stereocenters. The van der Waals surface area contributed by atoms with Gasteiger partial charge < -0.3 is 5.11 Å². The summed E-state index contributed by atoms with van der Waals surface area (Å²) >= 11 is 0. The largest absolute Gasteiger partial charge is 0.506 e. The van der Waals surface area contributed by atoms with E-state index in [1.54, 1.807) is 12.3 Å². The molecule has 0 saturated heterocycles. The fourth-order valence-electron chi connectivity index (χ4n) is 2.57. The maximum absolute atomic E-state index is 10.1. The summed E-state index contributed by atoms with van der Waals surface area (Å²) < 4.78 is 0. The van der Waals surface area contributed by atoms with Crippen LogP contribution < -0.4 is 0 Å². The van der Waals surface area contributed by atoms with Crippen LogP contribution >= 0.6 is 0 Å². The minimum absolute atomic E-state index is 0.112. The molecule has 0 amide bonds. The molecule has 1 N–H and O–H groups in total. The molecule has 4 nitrogen and oxygen atoms in total. The summed E-state index contributed by atoms with van der Waals surface area (Å²) in [7, 11) is 0. The average molecular weight is 299 g/mol. The van der Waals surface area contributed by atoms with Crippen molar-refractivity contribution in [3.05, 3.63) is 72.9 Å². The van der Waals surface area contributed by atoms with E-state index in [2.05, 4.69) is 15.2 Å². The Morgan fingerprint density at radius 3 is 2.26 bits per heavy atom. The van der Waals surface area contributed by atoms with E-state index in [1.807, 2.05) is 60.7 Å². The summed E-state index contributed by atoms with van der Waals surface area (Å²) in [4.78, 5) is 4.35. The number of rotatable bonds is 2. The summed E-state index contributed by atoms with van der Waals surface area (Å²) in [6.07, 6.45) is 1.73. The second-order valence-corrected chi connectivity index (χ2v) is 5.24. The predicted molar refractivity (Wildman–Crippen MR) is 91.5 cm³/mol. The minimum Gasteiger partial charge on any atom is -0.506 e. The van der Waals surface area contributed by atoms with Gasteiger partial charge in [0.1, 0.15) is 17.1 Å². The molecule has 0 aliphatic rings. The van der Waals surface area contributed by atoms with Crippen molar-refractivity contribution in [2.45, 2.75) is 0 Å². The highest BCUT2D eigenvalue weighted by Gasteiger charge is 2.04. The van der Waals surface area contributed by atoms with Crippen molar-refractivity contribution in [3.63, 3.8) is 0 Å². The molecule has 0 bridgehead atoms. The Hall–Kier alpha value is -3.27. The van der Waals surface area contributed by atoms with Gasteiger partial charge >= 0.3 is 0 Å². The number of benzene rings is 3. The topological polar surface area (TPSA) is 57.8 Å². The van der Waals surface area contributed by atoms with Crippen LogP contribution in [0.4, 0.5) is 11.4 Å². The average Bonchev–Trinajstić information content (AvgIpc) is 2.60. The lowest BCUT2D eigenvalue weighted by Gasteiger charge is -2.03. The molecule has 0 unspecified atom stereocenters. The van der Waals surface area contributed by atoms with Crippen molar-refractivity contribution in [2.75, 3.05) is 0 Å². The predicted octanol–water partition coefficient (Wildman–Crippen LogP) is 5.51. The first-order valence-electron chi connectivity index (χ1n) is 7.28. The molecule has 0 fully saturated rings. The van der Waals surface area contributed by atoms with Gasteiger partial charge in [0.2, 0.25) is 0 Å². The smallest absolute Gasteiger partial charge is 0.143 e. The zero-order chi connectivity index (χ0) is 15.6. The lowest BCUT2D eigenvalue weighted by Crippen LogP contribution is -1.77. The second kappa shape index (κ2) is 5.50. The van der Waals surface area contributed by atoms with Gasteiger partial charge in [-0.05, 0) is 35.0 Å². The van der Waals surface area contributed by atoms with Crippen molar-refractivity contribution in [2.24, 2.45) is 10.2 Å². The zero-order valence-electron chi connectivity index (χ0n) is 12.2. The first kappa shape index (κ1) is 13.4. The molecule has 4 aromatic rings. The van der Waals surface area contributed by atoms with Crippen molar-refractivity contribution in [3.8, 4) is 5.75 Å². The molecular weight excluding hydrogens is 286 g/mol. The number of para-hydroxylation sites is 1. The van der Waals surface area contributed by atoms with Crippen LogP contribution in [-0.2, 0) is 0 Å². The fourth-order valence-corrected chi connectivity index (χ4v) is 2.57. The number of nitrogens with zero attached hydrogens (tertiary/aromatic N) is 3. The minimum atomic E-state index is 0.112. The molecule has 23 heavy (non-hydrogen) atoms. The van der Waals surface area contributed by atoms with Crippen molar-refractivity contribution in [1.82, 2.24) is 4.98 Å². The number of hydrogen-bond donors (Lipinski definition) is 1. The maximum Gasteiger partial charge on any atom is 0.143 e. The Kier molecular flexibility index (Phi) is 3.20. The van der Waals surface area contributed by atoms with Gasteiger partial charge in [-0.25, -0.2) is 0 Å². The standard InChI is InChI=1S/C19H13N3O/c23-18-12-15-6-2-1-5-14(15)11-17(18)22-21-16-9-3-7-13-8-4-10-20-19(13)16/h1-12,23H/b22-21+. The van der Waals surface area contributed by atoms with E-state index >= 15 is 0 Å². The van der Waals surface area contributed by atoms with E-state index in [9.17, 15) is 5.11 Å². The third-order valence-electron chi connectivity index (χ3n) is 3.72. The molecule has 0 aliphatic heterocycles. The van der Waals surface area contributed by atoms with E-state index in [4.69, 9.17) is 0 Å². The van der Waals surface area contributed by atoms with Crippen LogP contribution in [0.2, 0.25) is 0 Å². The molecular formula is C19H13N3O. The number of aromatic hydroxyl groups is 1. The molecule has 1 heterocycles. The molecule has 0 spiro atoms. The molecule has 0 radical (unpaired) electrons. The monoisotopic (exact) mass is 299 g/mol. The van der Waals surface area contributed by atoms with E-state index in [1.165, 1.54) is 0 Å². The van der Waals surface area contributed by atoms with Gasteiger partial charge in [-0.15, -0.1) is 10.2 Å². The molecule has 1 aromatic heterocycles. The van der Waals surface area contributed by atoms with Gasteiger partial charge in [-0.3, -0.25) is 4.98 Å². The van der Waals surface area contributed by atoms with Crippen molar-refractivity contribution >= 4 is 33.1 Å². The molecule has 0 saturated carbocycles. The van der Waals surface area contributed by atoms with E-state index in [-0.39, 0.29) is 5.75 Å². The number of fused-ring (bicyclic) bond motifs is 2. The first-order valence-corrected chi connectivity index (χ1v) is 7.28.